The summed E-state index contributed by atoms with van der Waals surface area (Å²) in [5.41, 5.74) is 20.8. The number of rotatable bonds is 8. The lowest BCUT2D eigenvalue weighted by molar-refractivity contribution is -0.0111. The Morgan fingerprint density at radius 2 is 0.736 bits per heavy atom. The topological polar surface area (TPSA) is 166 Å². The summed E-state index contributed by atoms with van der Waals surface area (Å²) < 4.78 is 21.0. The number of anilines is 3. The number of para-hydroxylation sites is 3. The summed E-state index contributed by atoms with van der Waals surface area (Å²) in [4.78, 5) is 0. The lowest BCUT2D eigenvalue weighted by atomic mass is 9.46. The third kappa shape index (κ3) is 5.24. The molecule has 4 aromatic rings. The fourth-order valence-corrected chi connectivity index (χ4v) is 12.9. The number of aromatic hydroxyl groups is 3. The van der Waals surface area contributed by atoms with Crippen LogP contribution in [0.3, 0.4) is 0 Å². The van der Waals surface area contributed by atoms with E-state index < -0.39 is 0 Å². The molecule has 9 N–H and O–H groups in total. The molecule has 0 atom stereocenters. The van der Waals surface area contributed by atoms with Gasteiger partial charge in [-0.1, -0.05) is 18.2 Å². The molecule has 0 unspecified atom stereocenters. The summed E-state index contributed by atoms with van der Waals surface area (Å²) in [6, 6.07) is 17.5. The van der Waals surface area contributed by atoms with E-state index in [4.69, 9.17) is 31.4 Å². The van der Waals surface area contributed by atoms with Crippen LogP contribution in [0.1, 0.15) is 88.2 Å². The van der Waals surface area contributed by atoms with Gasteiger partial charge in [0, 0.05) is 28.0 Å². The first-order valence-corrected chi connectivity index (χ1v) is 19.5. The van der Waals surface area contributed by atoms with Crippen molar-refractivity contribution in [1.82, 2.24) is 0 Å². The maximum atomic E-state index is 11.4. The highest BCUT2D eigenvalue weighted by molar-refractivity contribution is 5.70. The van der Waals surface area contributed by atoms with Gasteiger partial charge in [-0.2, -0.15) is 0 Å². The maximum absolute atomic E-state index is 11.4. The SMILES string of the molecule is Nc1cccc(Oc2cc(Oc3cccc(N)c3O)c(C34CC5CC(CC(C5)C3)C4)c(Oc3cccc(N)c3O)c2C23CC4CC(CC(C4)C2)C3)c1O. The quantitative estimate of drug-likeness (QED) is 0.0769. The summed E-state index contributed by atoms with van der Waals surface area (Å²) in [7, 11) is 0. The van der Waals surface area contributed by atoms with Gasteiger partial charge in [-0.15, -0.1) is 0 Å². The molecule has 9 nitrogen and oxygen atoms in total. The van der Waals surface area contributed by atoms with Gasteiger partial charge in [-0.25, -0.2) is 0 Å². The number of benzene rings is 4. The van der Waals surface area contributed by atoms with Gasteiger partial charge < -0.3 is 46.7 Å². The molecule has 8 bridgehead atoms. The van der Waals surface area contributed by atoms with Crippen molar-refractivity contribution >= 4 is 17.1 Å². The lowest BCUT2D eigenvalue weighted by Crippen LogP contribution is -2.50. The summed E-state index contributed by atoms with van der Waals surface area (Å²) in [5, 5.41) is 33.9. The van der Waals surface area contributed by atoms with Crippen LogP contribution in [-0.4, -0.2) is 15.3 Å². The predicted molar refractivity (Wildman–Crippen MR) is 204 cm³/mol. The van der Waals surface area contributed by atoms with Crippen LogP contribution in [0.25, 0.3) is 0 Å². The largest absolute Gasteiger partial charge is 0.503 e. The summed E-state index contributed by atoms with van der Waals surface area (Å²) >= 11 is 0. The Morgan fingerprint density at radius 1 is 0.434 bits per heavy atom. The zero-order valence-corrected chi connectivity index (χ0v) is 30.0. The molecule has 0 heterocycles. The first-order chi connectivity index (χ1) is 25.6. The number of phenols is 3. The average molecular weight is 716 g/mol. The number of phenolic OH excluding ortho intramolecular Hbond substituents is 3. The van der Waals surface area contributed by atoms with Gasteiger partial charge >= 0.3 is 0 Å². The zero-order chi connectivity index (χ0) is 36.2. The minimum Gasteiger partial charge on any atom is -0.503 e. The highest BCUT2D eigenvalue weighted by Gasteiger charge is 2.58. The second-order valence-corrected chi connectivity index (χ2v) is 17.7. The highest BCUT2D eigenvalue weighted by atomic mass is 16.5. The number of nitrogen functional groups attached to an aromatic ring is 3. The maximum Gasteiger partial charge on any atom is 0.181 e. The summed E-state index contributed by atoms with van der Waals surface area (Å²) in [5.74, 6) is 5.63. The van der Waals surface area contributed by atoms with Crippen molar-refractivity contribution in [3.05, 3.63) is 71.8 Å². The van der Waals surface area contributed by atoms with E-state index in [2.05, 4.69) is 0 Å². The highest BCUT2D eigenvalue weighted by Crippen LogP contribution is 2.69. The van der Waals surface area contributed by atoms with Gasteiger partial charge in [0.15, 0.2) is 34.5 Å². The van der Waals surface area contributed by atoms with Gasteiger partial charge in [0.1, 0.15) is 17.2 Å². The van der Waals surface area contributed by atoms with Crippen LogP contribution in [0, 0.1) is 35.5 Å². The minimum atomic E-state index is -0.264. The molecule has 0 radical (unpaired) electrons. The molecule has 0 spiro atoms. The van der Waals surface area contributed by atoms with Crippen molar-refractivity contribution in [3.63, 3.8) is 0 Å². The van der Waals surface area contributed by atoms with E-state index in [0.29, 0.717) is 52.8 Å². The molecule has 4 aromatic carbocycles. The van der Waals surface area contributed by atoms with Crippen molar-refractivity contribution in [2.24, 2.45) is 35.5 Å². The summed E-state index contributed by atoms with van der Waals surface area (Å²) in [6.45, 7) is 0. The monoisotopic (exact) mass is 715 g/mol. The number of nitrogens with two attached hydrogens (primary N) is 3. The van der Waals surface area contributed by atoms with Crippen molar-refractivity contribution in [2.45, 2.75) is 87.9 Å². The molecule has 0 saturated heterocycles. The van der Waals surface area contributed by atoms with Crippen molar-refractivity contribution in [3.8, 4) is 51.7 Å². The first kappa shape index (κ1) is 32.7. The lowest BCUT2D eigenvalue weighted by Gasteiger charge is -2.59. The third-order valence-electron chi connectivity index (χ3n) is 14.1. The van der Waals surface area contributed by atoms with E-state index in [0.717, 1.165) is 49.7 Å². The van der Waals surface area contributed by atoms with Crippen LogP contribution in [0.2, 0.25) is 0 Å². The van der Waals surface area contributed by atoms with Crippen LogP contribution in [0.15, 0.2) is 60.7 Å². The van der Waals surface area contributed by atoms with Gasteiger partial charge in [-0.05, 0) is 149 Å². The van der Waals surface area contributed by atoms with Crippen molar-refractivity contribution in [2.75, 3.05) is 17.2 Å². The van der Waals surface area contributed by atoms with Gasteiger partial charge in [0.05, 0.1) is 17.1 Å². The molecule has 8 fully saturated rings. The van der Waals surface area contributed by atoms with Gasteiger partial charge in [0.2, 0.25) is 0 Å². The molecule has 0 amide bonds. The van der Waals surface area contributed by atoms with Crippen molar-refractivity contribution < 1.29 is 29.5 Å². The Kier molecular flexibility index (Phi) is 7.28. The number of hydrogen-bond donors (Lipinski definition) is 6. The second kappa shape index (κ2) is 11.8. The fourth-order valence-electron chi connectivity index (χ4n) is 12.9. The van der Waals surface area contributed by atoms with E-state index in [1.54, 1.807) is 54.6 Å². The van der Waals surface area contributed by atoms with Gasteiger partial charge in [-0.3, -0.25) is 0 Å². The van der Waals surface area contributed by atoms with Gasteiger partial charge in [0.25, 0.3) is 0 Å². The molecule has 0 aromatic heterocycles. The molecule has 53 heavy (non-hydrogen) atoms. The van der Waals surface area contributed by atoms with E-state index in [9.17, 15) is 15.3 Å². The third-order valence-corrected chi connectivity index (χ3v) is 14.1. The van der Waals surface area contributed by atoms with E-state index >= 15 is 0 Å². The van der Waals surface area contributed by atoms with Crippen LogP contribution in [-0.2, 0) is 10.8 Å². The Bertz CT molecular complexity index is 1940. The Labute approximate surface area is 310 Å². The molecular formula is C44H49N3O6. The average Bonchev–Trinajstić information content (AvgIpc) is 3.09. The Hall–Kier alpha value is -4.92. The Morgan fingerprint density at radius 3 is 1.06 bits per heavy atom. The smallest absolute Gasteiger partial charge is 0.181 e. The molecule has 0 aliphatic heterocycles. The van der Waals surface area contributed by atoms with Crippen LogP contribution in [0.5, 0.6) is 51.7 Å². The normalized spacial score (nSPS) is 31.8. The molecule has 8 aliphatic carbocycles. The fraction of sp³-hybridized carbons (Fsp3) is 0.455. The molecule has 12 rings (SSSR count). The molecular weight excluding hydrogens is 666 g/mol. The Balaban J connectivity index is 1.29. The first-order valence-electron chi connectivity index (χ1n) is 19.5. The van der Waals surface area contributed by atoms with Crippen LogP contribution < -0.4 is 31.4 Å². The second-order valence-electron chi connectivity index (χ2n) is 17.7. The molecule has 8 aliphatic rings. The van der Waals surface area contributed by atoms with Crippen LogP contribution in [0.4, 0.5) is 17.1 Å². The summed E-state index contributed by atoms with van der Waals surface area (Å²) in [6.07, 6.45) is 13.5. The molecule has 8 saturated carbocycles. The van der Waals surface area contributed by atoms with E-state index in [1.807, 2.05) is 6.07 Å². The minimum absolute atomic E-state index is 0.115. The number of hydrogen-bond acceptors (Lipinski definition) is 9. The zero-order valence-electron chi connectivity index (χ0n) is 30.0. The standard InChI is InChI=1S/C44H49N3O6/c45-29-4-1-7-32(39(29)48)51-35-16-36(52-33-8-2-5-30(46)40(33)49)38(44-20-26-13-27(21-44)15-28(14-26)22-44)42(53-34-9-3-6-31(47)41(34)50)37(35)43-17-23-10-24(18-43)12-25(11-23)19-43/h1-9,16,23-28,48-50H,10-15,17-22,45-47H2. The van der Waals surface area contributed by atoms with E-state index in [-0.39, 0.29) is 62.4 Å². The number of ether oxygens (including phenoxy) is 3. The molecule has 9 heteroatoms. The predicted octanol–water partition coefficient (Wildman–Crippen LogP) is 9.86. The van der Waals surface area contributed by atoms with Crippen molar-refractivity contribution in [1.29, 1.82) is 0 Å². The van der Waals surface area contributed by atoms with E-state index in [1.165, 1.54) is 38.5 Å². The van der Waals surface area contributed by atoms with Crippen LogP contribution >= 0.6 is 0 Å². The molecule has 276 valence electrons.